The highest BCUT2D eigenvalue weighted by atomic mass is 32.1. The molecule has 0 spiro atoms. The van der Waals surface area contributed by atoms with Crippen molar-refractivity contribution in [3.63, 3.8) is 0 Å². The molecular weight excluding hydrogens is 410 g/mol. The van der Waals surface area contributed by atoms with Crippen molar-refractivity contribution in [1.82, 2.24) is 9.88 Å². The van der Waals surface area contributed by atoms with Crippen LogP contribution in [0.15, 0.2) is 59.4 Å². The van der Waals surface area contributed by atoms with E-state index < -0.39 is 0 Å². The molecule has 1 aliphatic heterocycles. The Morgan fingerprint density at radius 2 is 1.87 bits per heavy atom. The van der Waals surface area contributed by atoms with E-state index in [-0.39, 0.29) is 11.8 Å². The van der Waals surface area contributed by atoms with Gasteiger partial charge < -0.3 is 15.0 Å². The lowest BCUT2D eigenvalue weighted by Gasteiger charge is -2.30. The monoisotopic (exact) mass is 435 g/mol. The number of carbonyl (C=O) groups is 2. The number of nitrogens with zero attached hydrogens (tertiary/aromatic N) is 2. The van der Waals surface area contributed by atoms with Crippen LogP contribution in [0.5, 0.6) is 5.75 Å². The summed E-state index contributed by atoms with van der Waals surface area (Å²) in [6.07, 6.45) is 2.02. The summed E-state index contributed by atoms with van der Waals surface area (Å²) in [4.78, 5) is 31.8. The van der Waals surface area contributed by atoms with Crippen LogP contribution in [0.2, 0.25) is 0 Å². The van der Waals surface area contributed by atoms with Gasteiger partial charge in [0.2, 0.25) is 0 Å². The first kappa shape index (κ1) is 21.1. The van der Waals surface area contributed by atoms with Gasteiger partial charge in [-0.1, -0.05) is 19.1 Å². The van der Waals surface area contributed by atoms with Crippen LogP contribution < -0.4 is 10.1 Å². The fourth-order valence-corrected chi connectivity index (χ4v) is 4.07. The number of rotatable bonds is 6. The molecule has 6 nitrogen and oxygen atoms in total. The number of hydrogen-bond acceptors (Lipinski definition) is 5. The molecule has 160 valence electrons. The third kappa shape index (κ3) is 5.30. The second-order valence-electron chi connectivity index (χ2n) is 7.77. The van der Waals surface area contributed by atoms with Crippen LogP contribution in [0.25, 0.3) is 0 Å². The second kappa shape index (κ2) is 9.75. The van der Waals surface area contributed by atoms with Crippen LogP contribution in [0.1, 0.15) is 46.2 Å². The van der Waals surface area contributed by atoms with E-state index in [9.17, 15) is 9.59 Å². The lowest BCUT2D eigenvalue weighted by atomic mass is 9.98. The molecule has 0 bridgehead atoms. The normalized spacial score (nSPS) is 14.3. The zero-order valence-electron chi connectivity index (χ0n) is 17.4. The van der Waals surface area contributed by atoms with E-state index >= 15 is 0 Å². The highest BCUT2D eigenvalue weighted by Crippen LogP contribution is 2.23. The Hall–Kier alpha value is -3.19. The van der Waals surface area contributed by atoms with Crippen molar-refractivity contribution in [2.45, 2.75) is 26.4 Å². The van der Waals surface area contributed by atoms with Gasteiger partial charge in [-0.3, -0.25) is 9.59 Å². The molecule has 1 saturated heterocycles. The van der Waals surface area contributed by atoms with Crippen molar-refractivity contribution in [2.24, 2.45) is 5.92 Å². The Morgan fingerprint density at radius 3 is 2.58 bits per heavy atom. The number of ether oxygens (including phenoxy) is 1. The maximum atomic E-state index is 13.0. The molecule has 1 aliphatic rings. The third-order valence-corrected chi connectivity index (χ3v) is 6.10. The second-order valence-corrected chi connectivity index (χ2v) is 8.49. The first-order chi connectivity index (χ1) is 15.1. The molecule has 2 aromatic carbocycles. The number of anilines is 1. The number of thiazole rings is 1. The van der Waals surface area contributed by atoms with Crippen molar-refractivity contribution in [3.05, 3.63) is 76.2 Å². The maximum Gasteiger partial charge on any atom is 0.255 e. The summed E-state index contributed by atoms with van der Waals surface area (Å²) in [5, 5.41) is 4.83. The molecule has 0 radical (unpaired) electrons. The number of hydrogen-bond donors (Lipinski definition) is 1. The molecule has 1 aromatic heterocycles. The molecule has 1 fully saturated rings. The van der Waals surface area contributed by atoms with Crippen LogP contribution in [0.3, 0.4) is 0 Å². The fourth-order valence-electron chi connectivity index (χ4n) is 3.52. The molecule has 0 saturated carbocycles. The highest BCUT2D eigenvalue weighted by Gasteiger charge is 2.23. The first-order valence-electron chi connectivity index (χ1n) is 10.4. The first-order valence-corrected chi connectivity index (χ1v) is 11.3. The molecule has 7 heteroatoms. The van der Waals surface area contributed by atoms with E-state index in [0.717, 1.165) is 31.6 Å². The SMILES string of the molecule is CC1CCN(C(=O)c2ccccc2NC(=O)c2ccc(OCc3cscn3)cc2)CC1. The van der Waals surface area contributed by atoms with Gasteiger partial charge in [0.1, 0.15) is 12.4 Å². The number of piperidine rings is 1. The molecule has 4 rings (SSSR count). The molecule has 31 heavy (non-hydrogen) atoms. The third-order valence-electron chi connectivity index (χ3n) is 5.46. The number of benzene rings is 2. The van der Waals surface area contributed by atoms with E-state index in [2.05, 4.69) is 17.2 Å². The number of para-hydroxylation sites is 1. The number of nitrogens with one attached hydrogen (secondary N) is 1. The van der Waals surface area contributed by atoms with Gasteiger partial charge in [0, 0.05) is 24.0 Å². The van der Waals surface area contributed by atoms with E-state index in [4.69, 9.17) is 4.74 Å². The summed E-state index contributed by atoms with van der Waals surface area (Å²) in [5.41, 5.74) is 4.18. The van der Waals surface area contributed by atoms with E-state index in [1.54, 1.807) is 41.9 Å². The summed E-state index contributed by atoms with van der Waals surface area (Å²) >= 11 is 1.52. The zero-order chi connectivity index (χ0) is 21.6. The van der Waals surface area contributed by atoms with Crippen molar-refractivity contribution < 1.29 is 14.3 Å². The average Bonchev–Trinajstić information content (AvgIpc) is 3.32. The van der Waals surface area contributed by atoms with Crippen molar-refractivity contribution in [3.8, 4) is 5.75 Å². The van der Waals surface area contributed by atoms with Crippen molar-refractivity contribution in [2.75, 3.05) is 18.4 Å². The minimum Gasteiger partial charge on any atom is -0.487 e. The van der Waals surface area contributed by atoms with Gasteiger partial charge >= 0.3 is 0 Å². The Balaban J connectivity index is 1.41. The van der Waals surface area contributed by atoms with E-state index in [1.807, 2.05) is 22.4 Å². The Bertz CT molecular complexity index is 1030. The van der Waals surface area contributed by atoms with Gasteiger partial charge in [0.25, 0.3) is 11.8 Å². The Labute approximate surface area is 185 Å². The van der Waals surface area contributed by atoms with Gasteiger partial charge in [-0.25, -0.2) is 4.98 Å². The molecule has 2 amide bonds. The lowest BCUT2D eigenvalue weighted by Crippen LogP contribution is -2.38. The molecule has 2 heterocycles. The average molecular weight is 436 g/mol. The Morgan fingerprint density at radius 1 is 1.13 bits per heavy atom. The summed E-state index contributed by atoms with van der Waals surface area (Å²) < 4.78 is 5.69. The zero-order valence-corrected chi connectivity index (χ0v) is 18.2. The number of amides is 2. The van der Waals surface area contributed by atoms with Crippen LogP contribution in [-0.4, -0.2) is 34.8 Å². The smallest absolute Gasteiger partial charge is 0.255 e. The topological polar surface area (TPSA) is 71.5 Å². The molecular formula is C24H25N3O3S. The van der Waals surface area contributed by atoms with Crippen LogP contribution in [0.4, 0.5) is 5.69 Å². The van der Waals surface area contributed by atoms with Gasteiger partial charge in [-0.05, 0) is 55.2 Å². The molecule has 1 N–H and O–H groups in total. The summed E-state index contributed by atoms with van der Waals surface area (Å²) in [7, 11) is 0. The highest BCUT2D eigenvalue weighted by molar-refractivity contribution is 7.07. The largest absolute Gasteiger partial charge is 0.487 e. The van der Waals surface area contributed by atoms with Gasteiger partial charge in [0.05, 0.1) is 22.5 Å². The van der Waals surface area contributed by atoms with Crippen LogP contribution in [-0.2, 0) is 6.61 Å². The van der Waals surface area contributed by atoms with Crippen molar-refractivity contribution >= 4 is 28.8 Å². The number of aromatic nitrogens is 1. The molecule has 3 aromatic rings. The molecule has 0 aliphatic carbocycles. The summed E-state index contributed by atoms with van der Waals surface area (Å²) in [6, 6.07) is 14.1. The van der Waals surface area contributed by atoms with Gasteiger partial charge in [-0.2, -0.15) is 0 Å². The van der Waals surface area contributed by atoms with Gasteiger partial charge in [0.15, 0.2) is 0 Å². The van der Waals surface area contributed by atoms with Gasteiger partial charge in [-0.15, -0.1) is 11.3 Å². The van der Waals surface area contributed by atoms with E-state index in [0.29, 0.717) is 35.1 Å². The lowest BCUT2D eigenvalue weighted by molar-refractivity contribution is 0.0698. The van der Waals surface area contributed by atoms with E-state index in [1.165, 1.54) is 11.3 Å². The predicted octanol–water partition coefficient (Wildman–Crippen LogP) is 4.85. The minimum atomic E-state index is -0.265. The quantitative estimate of drug-likeness (QED) is 0.601. The molecule has 0 atom stereocenters. The fraction of sp³-hybridized carbons (Fsp3) is 0.292. The summed E-state index contributed by atoms with van der Waals surface area (Å²) in [5.74, 6) is 1.01. The summed E-state index contributed by atoms with van der Waals surface area (Å²) in [6.45, 7) is 4.11. The minimum absolute atomic E-state index is 0.0337. The van der Waals surface area contributed by atoms with Crippen molar-refractivity contribution in [1.29, 1.82) is 0 Å². The maximum absolute atomic E-state index is 13.0. The predicted molar refractivity (Wildman–Crippen MR) is 122 cm³/mol. The van der Waals surface area contributed by atoms with Crippen LogP contribution in [0, 0.1) is 5.92 Å². The standard InChI is InChI=1S/C24H25N3O3S/c1-17-10-12-27(13-11-17)24(29)21-4-2-3-5-22(21)26-23(28)18-6-8-20(9-7-18)30-14-19-15-31-16-25-19/h2-9,15-17H,10-14H2,1H3,(H,26,28). The Kier molecular flexibility index (Phi) is 6.62. The number of carbonyl (C=O) groups excluding carboxylic acids is 2. The molecule has 0 unspecified atom stereocenters. The van der Waals surface area contributed by atoms with Crippen LogP contribution >= 0.6 is 11.3 Å². The number of likely N-dealkylation sites (tertiary alicyclic amines) is 1.